The van der Waals surface area contributed by atoms with Crippen LogP contribution in [0.5, 0.6) is 5.75 Å². The minimum Gasteiger partial charge on any atom is -0.496 e. The first-order valence-electron chi connectivity index (χ1n) is 13.8. The van der Waals surface area contributed by atoms with Crippen LogP contribution in [0.25, 0.3) is 5.00 Å². The number of nitrogens with zero attached hydrogens (tertiary/aromatic N) is 4. The number of carbonyl (C=O) groups excluding carboxylic acids is 2. The van der Waals surface area contributed by atoms with Crippen molar-refractivity contribution in [1.82, 2.24) is 14.7 Å². The molecule has 1 aromatic carbocycles. The number of halogens is 1. The van der Waals surface area contributed by atoms with Crippen LogP contribution >= 0.6 is 11.3 Å². The molecule has 226 valence electrons. The average molecular weight is 602 g/mol. The minimum absolute atomic E-state index is 0.0237. The number of primary amides is 1. The molecule has 0 bridgehead atoms. The zero-order valence-corrected chi connectivity index (χ0v) is 24.8. The van der Waals surface area contributed by atoms with Gasteiger partial charge in [-0.05, 0) is 70.7 Å². The Balaban J connectivity index is 1.63. The van der Waals surface area contributed by atoms with Gasteiger partial charge in [0.25, 0.3) is 5.91 Å². The number of thiophene rings is 1. The second kappa shape index (κ2) is 11.6. The predicted molar refractivity (Wildman–Crippen MR) is 154 cm³/mol. The fourth-order valence-corrected chi connectivity index (χ4v) is 6.89. The van der Waals surface area contributed by atoms with E-state index < -0.39 is 41.7 Å². The van der Waals surface area contributed by atoms with Gasteiger partial charge in [0.2, 0.25) is 12.3 Å². The normalized spacial score (nSPS) is 21.8. The minimum atomic E-state index is -1.60. The molecule has 3 heterocycles. The van der Waals surface area contributed by atoms with E-state index in [9.17, 15) is 24.2 Å². The van der Waals surface area contributed by atoms with Crippen molar-refractivity contribution in [2.24, 2.45) is 5.73 Å². The summed E-state index contributed by atoms with van der Waals surface area (Å²) >= 11 is 1.26. The number of ether oxygens (including phenoxy) is 2. The van der Waals surface area contributed by atoms with E-state index in [1.807, 2.05) is 0 Å². The molecule has 1 saturated carbocycles. The van der Waals surface area contributed by atoms with Gasteiger partial charge in [0.05, 0.1) is 31.4 Å². The number of anilines is 1. The quantitative estimate of drug-likeness (QED) is 0.339. The molecule has 0 saturated heterocycles. The fraction of sp³-hybridized carbons (Fsp3) is 0.483. The Morgan fingerprint density at radius 2 is 1.95 bits per heavy atom. The summed E-state index contributed by atoms with van der Waals surface area (Å²) < 4.78 is 28.4. The molecule has 1 aliphatic carbocycles. The SMILES string of the molecule is COc1ccc(F)cc1[C@H](CN1c2sc(-n3cccn3)c(C)c2C(=O)N(C(C)(C)C(N)=O)C1O)OC1CCC(O)CC1. The van der Waals surface area contributed by atoms with Gasteiger partial charge in [0.15, 0.2) is 0 Å². The van der Waals surface area contributed by atoms with E-state index in [1.165, 1.54) is 50.5 Å². The van der Waals surface area contributed by atoms with Crippen molar-refractivity contribution < 1.29 is 33.7 Å². The third-order valence-electron chi connectivity index (χ3n) is 8.13. The Kier molecular flexibility index (Phi) is 8.30. The molecule has 0 radical (unpaired) electrons. The molecule has 13 heteroatoms. The number of aliphatic hydroxyl groups is 2. The van der Waals surface area contributed by atoms with Crippen molar-refractivity contribution in [2.75, 3.05) is 18.6 Å². The molecule has 1 fully saturated rings. The highest BCUT2D eigenvalue weighted by Crippen LogP contribution is 2.46. The molecule has 2 atom stereocenters. The summed E-state index contributed by atoms with van der Waals surface area (Å²) in [5.74, 6) is -1.43. The maximum absolute atomic E-state index is 14.6. The summed E-state index contributed by atoms with van der Waals surface area (Å²) in [7, 11) is 1.48. The van der Waals surface area contributed by atoms with Crippen molar-refractivity contribution in [2.45, 2.75) is 76.7 Å². The van der Waals surface area contributed by atoms with E-state index in [-0.39, 0.29) is 12.6 Å². The number of rotatable bonds is 9. The van der Waals surface area contributed by atoms with Gasteiger partial charge in [-0.15, -0.1) is 0 Å². The van der Waals surface area contributed by atoms with Gasteiger partial charge in [-0.2, -0.15) is 5.10 Å². The molecule has 5 rings (SSSR count). The van der Waals surface area contributed by atoms with E-state index in [4.69, 9.17) is 15.2 Å². The molecule has 1 aliphatic heterocycles. The van der Waals surface area contributed by atoms with Gasteiger partial charge in [0.1, 0.15) is 33.2 Å². The molecular weight excluding hydrogens is 565 g/mol. The van der Waals surface area contributed by atoms with Gasteiger partial charge >= 0.3 is 0 Å². The summed E-state index contributed by atoms with van der Waals surface area (Å²) in [5.41, 5.74) is 5.51. The average Bonchev–Trinajstić information content (AvgIpc) is 3.59. The number of fused-ring (bicyclic) bond motifs is 1. The summed E-state index contributed by atoms with van der Waals surface area (Å²) in [6.07, 6.45) is 2.66. The molecule has 0 spiro atoms. The number of nitrogens with two attached hydrogens (primary N) is 1. The van der Waals surface area contributed by atoms with Gasteiger partial charge in [-0.25, -0.2) is 9.07 Å². The molecule has 2 aliphatic rings. The fourth-order valence-electron chi connectivity index (χ4n) is 5.62. The van der Waals surface area contributed by atoms with Crippen molar-refractivity contribution in [3.8, 4) is 10.8 Å². The first-order chi connectivity index (χ1) is 19.9. The Morgan fingerprint density at radius 1 is 1.24 bits per heavy atom. The molecule has 2 amide bonds. The second-order valence-corrected chi connectivity index (χ2v) is 12.2. The number of amides is 2. The van der Waals surface area contributed by atoms with Crippen molar-refractivity contribution in [1.29, 1.82) is 0 Å². The molecule has 3 aromatic rings. The molecule has 11 nitrogen and oxygen atoms in total. The molecule has 2 aromatic heterocycles. The van der Waals surface area contributed by atoms with Crippen LogP contribution in [0.1, 0.15) is 67.1 Å². The Bertz CT molecular complexity index is 1450. The van der Waals surface area contributed by atoms with Crippen LogP contribution in [0.2, 0.25) is 0 Å². The highest BCUT2D eigenvalue weighted by Gasteiger charge is 2.49. The van der Waals surface area contributed by atoms with E-state index in [0.717, 1.165) is 4.90 Å². The highest BCUT2D eigenvalue weighted by molar-refractivity contribution is 7.19. The van der Waals surface area contributed by atoms with Crippen LogP contribution < -0.4 is 15.4 Å². The van der Waals surface area contributed by atoms with E-state index >= 15 is 0 Å². The Labute approximate surface area is 247 Å². The van der Waals surface area contributed by atoms with Crippen LogP contribution in [0.4, 0.5) is 9.39 Å². The van der Waals surface area contributed by atoms with Gasteiger partial charge in [-0.1, -0.05) is 11.3 Å². The third kappa shape index (κ3) is 5.37. The first kappa shape index (κ1) is 30.0. The molecule has 4 N–H and O–H groups in total. The first-order valence-corrected chi connectivity index (χ1v) is 14.6. The van der Waals surface area contributed by atoms with Crippen LogP contribution in [0.15, 0.2) is 36.7 Å². The zero-order chi connectivity index (χ0) is 30.3. The highest BCUT2D eigenvalue weighted by atomic mass is 32.1. The van der Waals surface area contributed by atoms with Crippen molar-refractivity contribution in [3.05, 3.63) is 59.2 Å². The van der Waals surface area contributed by atoms with Crippen molar-refractivity contribution >= 4 is 28.2 Å². The lowest BCUT2D eigenvalue weighted by atomic mass is 9.94. The number of hydrogen-bond donors (Lipinski definition) is 3. The largest absolute Gasteiger partial charge is 0.496 e. The lowest BCUT2D eigenvalue weighted by Gasteiger charge is -2.48. The summed E-state index contributed by atoms with van der Waals surface area (Å²) in [6.45, 7) is 4.72. The number of hydrogen-bond acceptors (Lipinski definition) is 9. The standard InChI is InChI=1S/C29H36FN5O6S/c1-16-23-24(37)35(29(2,3)27(31)38)28(39)33(26(23)42-25(16)34-13-5-12-32-34)15-22(41-19-9-7-18(36)8-10-19)20-14-17(30)6-11-21(20)40-4/h5-6,11-14,18-19,22,28,36,39H,7-10,15H2,1-4H3,(H2,31,38)/t18?,19?,22-,28?/m0/s1. The van der Waals surface area contributed by atoms with Crippen LogP contribution in [0, 0.1) is 12.7 Å². The van der Waals surface area contributed by atoms with E-state index in [2.05, 4.69) is 5.10 Å². The lowest BCUT2D eigenvalue weighted by Crippen LogP contribution is -2.66. The monoisotopic (exact) mass is 601 g/mol. The summed E-state index contributed by atoms with van der Waals surface area (Å²) in [4.78, 5) is 29.2. The Hall–Kier alpha value is -3.52. The summed E-state index contributed by atoms with van der Waals surface area (Å²) in [5, 5.41) is 27.3. The van der Waals surface area contributed by atoms with E-state index in [0.29, 0.717) is 58.1 Å². The van der Waals surface area contributed by atoms with Crippen LogP contribution in [-0.4, -0.2) is 74.5 Å². The predicted octanol–water partition coefficient (Wildman–Crippen LogP) is 3.25. The van der Waals surface area contributed by atoms with Gasteiger partial charge in [0, 0.05) is 23.5 Å². The lowest BCUT2D eigenvalue weighted by molar-refractivity contribution is -0.133. The van der Waals surface area contributed by atoms with Gasteiger partial charge < -0.3 is 30.3 Å². The number of benzene rings is 1. The topological polar surface area (TPSA) is 143 Å². The number of methoxy groups -OCH3 is 1. The maximum Gasteiger partial charge on any atom is 0.261 e. The van der Waals surface area contributed by atoms with Crippen molar-refractivity contribution in [3.63, 3.8) is 0 Å². The molecular formula is C29H36FN5O6S. The van der Waals surface area contributed by atoms with Crippen LogP contribution in [0.3, 0.4) is 0 Å². The van der Waals surface area contributed by atoms with E-state index in [1.54, 1.807) is 35.0 Å². The molecule has 42 heavy (non-hydrogen) atoms. The molecule has 1 unspecified atom stereocenters. The third-order valence-corrected chi connectivity index (χ3v) is 9.44. The van der Waals surface area contributed by atoms with Crippen LogP contribution in [-0.2, 0) is 9.53 Å². The number of aromatic nitrogens is 2. The summed E-state index contributed by atoms with van der Waals surface area (Å²) in [6, 6.07) is 5.90. The number of carbonyl (C=O) groups is 2. The van der Waals surface area contributed by atoms with Gasteiger partial charge in [-0.3, -0.25) is 14.5 Å². The smallest absolute Gasteiger partial charge is 0.261 e. The zero-order valence-electron chi connectivity index (χ0n) is 24.0. The number of aliphatic hydroxyl groups excluding tert-OH is 2. The second-order valence-electron chi connectivity index (χ2n) is 11.2. The maximum atomic E-state index is 14.6. The Morgan fingerprint density at radius 3 is 2.57 bits per heavy atom.